The average Bonchev–Trinajstić information content (AvgIpc) is 2.49. The Labute approximate surface area is 119 Å². The molecule has 2 aromatic rings. The van der Waals surface area contributed by atoms with Crippen molar-refractivity contribution in [3.8, 4) is 0 Å². The van der Waals surface area contributed by atoms with Crippen LogP contribution in [0.2, 0.25) is 0 Å². The molecule has 3 heterocycles. The largest absolute Gasteiger partial charge is 0.331 e. The van der Waals surface area contributed by atoms with Gasteiger partial charge in [-0.3, -0.25) is 14.0 Å². The first-order chi connectivity index (χ1) is 9.75. The number of hydrogen-bond acceptors (Lipinski definition) is 5. The molecular formula is C13H14N4O2S. The Morgan fingerprint density at radius 3 is 2.90 bits per heavy atom. The molecule has 0 aromatic carbocycles. The molecule has 0 spiro atoms. The molecule has 1 fully saturated rings. The standard InChI is InChI=1S/C13H14N4O2S/c18-11-3-4-15-12-10(2-1-7-17(11)12)20-13(19)16-8-5-14-6-9-16/h1-4,7,14H,5-6,8-9H2. The molecule has 20 heavy (non-hydrogen) atoms. The monoisotopic (exact) mass is 290 g/mol. The van der Waals surface area contributed by atoms with Gasteiger partial charge in [-0.15, -0.1) is 0 Å². The van der Waals surface area contributed by atoms with Gasteiger partial charge in [0.25, 0.3) is 10.8 Å². The lowest BCUT2D eigenvalue weighted by atomic mass is 10.4. The lowest BCUT2D eigenvalue weighted by Crippen LogP contribution is -2.45. The number of carbonyl (C=O) groups is 1. The summed E-state index contributed by atoms with van der Waals surface area (Å²) in [5.41, 5.74) is 0.376. The molecule has 1 N–H and O–H groups in total. The summed E-state index contributed by atoms with van der Waals surface area (Å²) >= 11 is 1.13. The van der Waals surface area contributed by atoms with Gasteiger partial charge in [0.1, 0.15) is 0 Å². The molecule has 1 saturated heterocycles. The van der Waals surface area contributed by atoms with Crippen molar-refractivity contribution in [1.82, 2.24) is 19.6 Å². The van der Waals surface area contributed by atoms with Crippen LogP contribution in [-0.4, -0.2) is 45.7 Å². The van der Waals surface area contributed by atoms with Crippen molar-refractivity contribution in [1.29, 1.82) is 0 Å². The number of pyridine rings is 1. The molecule has 1 aliphatic heterocycles. The zero-order chi connectivity index (χ0) is 13.9. The maximum atomic E-state index is 12.2. The Bertz CT molecular complexity index is 694. The fourth-order valence-corrected chi connectivity index (χ4v) is 3.01. The van der Waals surface area contributed by atoms with Gasteiger partial charge < -0.3 is 10.2 Å². The van der Waals surface area contributed by atoms with Crippen LogP contribution in [0.3, 0.4) is 0 Å². The Hall–Kier alpha value is -1.86. The Balaban J connectivity index is 1.89. The van der Waals surface area contributed by atoms with Crippen LogP contribution < -0.4 is 10.9 Å². The summed E-state index contributed by atoms with van der Waals surface area (Å²) in [5, 5.41) is 3.21. The summed E-state index contributed by atoms with van der Waals surface area (Å²) in [7, 11) is 0. The summed E-state index contributed by atoms with van der Waals surface area (Å²) in [6.07, 6.45) is 3.13. The van der Waals surface area contributed by atoms with Gasteiger partial charge in [0.2, 0.25) is 0 Å². The molecule has 104 valence electrons. The van der Waals surface area contributed by atoms with Crippen LogP contribution >= 0.6 is 11.8 Å². The van der Waals surface area contributed by atoms with Crippen LogP contribution in [0.15, 0.2) is 40.3 Å². The number of amides is 1. The van der Waals surface area contributed by atoms with Crippen LogP contribution in [0.5, 0.6) is 0 Å². The second kappa shape index (κ2) is 5.64. The van der Waals surface area contributed by atoms with E-state index in [0.717, 1.165) is 24.9 Å². The van der Waals surface area contributed by atoms with Gasteiger partial charge in [-0.25, -0.2) is 4.98 Å². The van der Waals surface area contributed by atoms with Gasteiger partial charge in [-0.1, -0.05) is 0 Å². The quantitative estimate of drug-likeness (QED) is 0.787. The molecular weight excluding hydrogens is 276 g/mol. The van der Waals surface area contributed by atoms with Crippen LogP contribution in [-0.2, 0) is 0 Å². The summed E-state index contributed by atoms with van der Waals surface area (Å²) in [6, 6.07) is 4.97. The van der Waals surface area contributed by atoms with Gasteiger partial charge >= 0.3 is 0 Å². The third-order valence-electron chi connectivity index (χ3n) is 3.16. The Kier molecular flexibility index (Phi) is 3.70. The number of rotatable bonds is 1. The first kappa shape index (κ1) is 13.1. The number of carbonyl (C=O) groups excluding carboxylic acids is 1. The van der Waals surface area contributed by atoms with Crippen molar-refractivity contribution >= 4 is 22.6 Å². The molecule has 0 atom stereocenters. The van der Waals surface area contributed by atoms with E-state index in [4.69, 9.17) is 0 Å². The lowest BCUT2D eigenvalue weighted by Gasteiger charge is -2.26. The van der Waals surface area contributed by atoms with Crippen LogP contribution in [0.4, 0.5) is 4.79 Å². The van der Waals surface area contributed by atoms with Crippen molar-refractivity contribution < 1.29 is 4.79 Å². The second-order valence-electron chi connectivity index (χ2n) is 4.45. The maximum Gasteiger partial charge on any atom is 0.286 e. The third kappa shape index (κ3) is 2.54. The molecule has 0 saturated carbocycles. The van der Waals surface area contributed by atoms with E-state index in [0.29, 0.717) is 23.6 Å². The number of hydrogen-bond donors (Lipinski definition) is 1. The van der Waals surface area contributed by atoms with Crippen LogP contribution in [0, 0.1) is 0 Å². The third-order valence-corrected chi connectivity index (χ3v) is 4.13. The zero-order valence-electron chi connectivity index (χ0n) is 10.8. The minimum Gasteiger partial charge on any atom is -0.331 e. The van der Waals surface area contributed by atoms with Crippen molar-refractivity contribution in [2.75, 3.05) is 26.2 Å². The van der Waals surface area contributed by atoms with Crippen LogP contribution in [0.25, 0.3) is 5.65 Å². The molecule has 1 amide bonds. The number of nitrogens with zero attached hydrogens (tertiary/aromatic N) is 3. The average molecular weight is 290 g/mol. The van der Waals surface area contributed by atoms with E-state index in [-0.39, 0.29) is 10.8 Å². The number of aromatic nitrogens is 2. The van der Waals surface area contributed by atoms with E-state index in [1.165, 1.54) is 16.7 Å². The maximum absolute atomic E-state index is 12.2. The fraction of sp³-hybridized carbons (Fsp3) is 0.308. The van der Waals surface area contributed by atoms with Gasteiger partial charge in [-0.05, 0) is 23.9 Å². The van der Waals surface area contributed by atoms with E-state index in [2.05, 4.69) is 10.3 Å². The smallest absolute Gasteiger partial charge is 0.286 e. The molecule has 6 nitrogen and oxygen atoms in total. The minimum atomic E-state index is -0.146. The predicted molar refractivity (Wildman–Crippen MR) is 77.2 cm³/mol. The normalized spacial score (nSPS) is 15.5. The lowest BCUT2D eigenvalue weighted by molar-refractivity contribution is 0.215. The highest BCUT2D eigenvalue weighted by atomic mass is 32.2. The SMILES string of the molecule is O=C(Sc1cccn2c(=O)ccnc12)N1CCNCC1. The summed E-state index contributed by atoms with van der Waals surface area (Å²) < 4.78 is 1.45. The fourth-order valence-electron chi connectivity index (χ4n) is 2.12. The highest BCUT2D eigenvalue weighted by molar-refractivity contribution is 8.13. The molecule has 1 aliphatic rings. The summed E-state index contributed by atoms with van der Waals surface area (Å²) in [6.45, 7) is 3.06. The number of fused-ring (bicyclic) bond motifs is 1. The van der Waals surface area contributed by atoms with Gasteiger partial charge in [0.05, 0.1) is 4.90 Å². The molecule has 7 heteroatoms. The number of thioether (sulfide) groups is 1. The van der Waals surface area contributed by atoms with Gasteiger partial charge in [-0.2, -0.15) is 0 Å². The van der Waals surface area contributed by atoms with E-state index in [9.17, 15) is 9.59 Å². The van der Waals surface area contributed by atoms with Crippen molar-refractivity contribution in [2.45, 2.75) is 4.90 Å². The molecule has 3 rings (SSSR count). The highest BCUT2D eigenvalue weighted by Crippen LogP contribution is 2.24. The van der Waals surface area contributed by atoms with Crippen LogP contribution in [0.1, 0.15) is 0 Å². The number of nitrogens with one attached hydrogen (secondary N) is 1. The molecule has 0 bridgehead atoms. The zero-order valence-corrected chi connectivity index (χ0v) is 11.6. The molecule has 0 aliphatic carbocycles. The first-order valence-electron chi connectivity index (χ1n) is 6.39. The number of piperazine rings is 1. The van der Waals surface area contributed by atoms with Crippen molar-refractivity contribution in [3.63, 3.8) is 0 Å². The molecule has 0 unspecified atom stereocenters. The topological polar surface area (TPSA) is 66.7 Å². The first-order valence-corrected chi connectivity index (χ1v) is 7.21. The van der Waals surface area contributed by atoms with E-state index >= 15 is 0 Å². The summed E-state index contributed by atoms with van der Waals surface area (Å²) in [5.74, 6) is 0. The van der Waals surface area contributed by atoms with E-state index in [1.54, 1.807) is 12.3 Å². The Morgan fingerprint density at radius 2 is 2.10 bits per heavy atom. The van der Waals surface area contributed by atoms with Gasteiger partial charge in [0.15, 0.2) is 5.65 Å². The van der Waals surface area contributed by atoms with Crippen molar-refractivity contribution in [3.05, 3.63) is 40.9 Å². The summed E-state index contributed by atoms with van der Waals surface area (Å²) in [4.78, 5) is 30.7. The highest BCUT2D eigenvalue weighted by Gasteiger charge is 2.18. The van der Waals surface area contributed by atoms with Crippen molar-refractivity contribution in [2.24, 2.45) is 0 Å². The van der Waals surface area contributed by atoms with Gasteiger partial charge in [0, 0.05) is 44.6 Å². The predicted octanol–water partition coefficient (Wildman–Crippen LogP) is 0.812. The minimum absolute atomic E-state index is 0.00213. The van der Waals surface area contributed by atoms with E-state index < -0.39 is 0 Å². The second-order valence-corrected chi connectivity index (χ2v) is 5.45. The molecule has 2 aromatic heterocycles. The van der Waals surface area contributed by atoms with E-state index in [1.807, 2.05) is 11.0 Å². The Morgan fingerprint density at radius 1 is 1.30 bits per heavy atom. The molecule has 0 radical (unpaired) electrons.